The lowest BCUT2D eigenvalue weighted by Crippen LogP contribution is -2.40. The number of carbonyl (C=O) groups excluding carboxylic acids is 1. The third-order valence-electron chi connectivity index (χ3n) is 7.03. The molecule has 2 aromatic rings. The van der Waals surface area contributed by atoms with Crippen molar-refractivity contribution < 1.29 is 22.5 Å². The zero-order valence-electron chi connectivity index (χ0n) is 19.1. The minimum atomic E-state index is -3.20. The van der Waals surface area contributed by atoms with Crippen LogP contribution in [0.3, 0.4) is 0 Å². The Labute approximate surface area is 194 Å². The first kappa shape index (κ1) is 22.2. The van der Waals surface area contributed by atoms with Crippen molar-refractivity contribution in [3.63, 3.8) is 0 Å². The van der Waals surface area contributed by atoms with Crippen molar-refractivity contribution in [1.82, 2.24) is 15.0 Å². The van der Waals surface area contributed by atoms with Gasteiger partial charge in [-0.3, -0.25) is 0 Å². The van der Waals surface area contributed by atoms with E-state index in [0.717, 1.165) is 56.7 Å². The van der Waals surface area contributed by atoms with Gasteiger partial charge >= 0.3 is 6.09 Å². The van der Waals surface area contributed by atoms with Gasteiger partial charge in [-0.1, -0.05) is 5.16 Å². The first-order chi connectivity index (χ1) is 15.7. The molecular weight excluding hydrogens is 444 g/mol. The number of ether oxygens (including phenoxy) is 1. The Kier molecular flexibility index (Phi) is 5.58. The van der Waals surface area contributed by atoms with Crippen molar-refractivity contribution in [2.24, 2.45) is 0 Å². The number of aromatic nitrogens is 2. The molecule has 0 bridgehead atoms. The average molecular weight is 475 g/mol. The summed E-state index contributed by atoms with van der Waals surface area (Å²) in [7, 11) is -3.20. The van der Waals surface area contributed by atoms with Gasteiger partial charge in [0, 0.05) is 44.0 Å². The summed E-state index contributed by atoms with van der Waals surface area (Å²) in [5.41, 5.74) is 0.741. The lowest BCUT2D eigenvalue weighted by atomic mass is 9.96. The number of amides is 1. The van der Waals surface area contributed by atoms with Crippen molar-refractivity contribution in [3.8, 4) is 0 Å². The Morgan fingerprint density at radius 3 is 2.39 bits per heavy atom. The predicted molar refractivity (Wildman–Crippen MR) is 121 cm³/mol. The van der Waals surface area contributed by atoms with E-state index in [4.69, 9.17) is 14.2 Å². The first-order valence-electron chi connectivity index (χ1n) is 11.6. The van der Waals surface area contributed by atoms with Gasteiger partial charge in [-0.05, 0) is 63.3 Å². The highest BCUT2D eigenvalue weighted by molar-refractivity contribution is 7.90. The number of hydrogen-bond acceptors (Lipinski definition) is 8. The minimum absolute atomic E-state index is 0.148. The molecule has 9 nitrogen and oxygen atoms in total. The molecule has 5 rings (SSSR count). The van der Waals surface area contributed by atoms with Crippen molar-refractivity contribution in [2.75, 3.05) is 37.3 Å². The number of benzene rings is 1. The molecule has 10 heteroatoms. The summed E-state index contributed by atoms with van der Waals surface area (Å²) in [4.78, 5) is 21.3. The van der Waals surface area contributed by atoms with Crippen molar-refractivity contribution in [1.29, 1.82) is 0 Å². The summed E-state index contributed by atoms with van der Waals surface area (Å²) >= 11 is 0. The van der Waals surface area contributed by atoms with Crippen LogP contribution in [0.25, 0.3) is 0 Å². The number of anilines is 1. The molecule has 1 amide bonds. The molecule has 1 aromatic heterocycles. The quantitative estimate of drug-likeness (QED) is 0.650. The SMILES string of the molecule is CC1(OC(=O)N2CCC(c3noc([C@H]4CCN(c5ccc(S(C)(=O)=O)cc5)C4)n3)CC2)CC1. The molecule has 1 saturated carbocycles. The molecule has 0 unspecified atom stereocenters. The van der Waals surface area contributed by atoms with E-state index in [1.54, 1.807) is 17.0 Å². The van der Waals surface area contributed by atoms with Gasteiger partial charge in [0.25, 0.3) is 0 Å². The minimum Gasteiger partial charge on any atom is -0.443 e. The normalized spacial score (nSPS) is 23.0. The number of likely N-dealkylation sites (tertiary alicyclic amines) is 1. The van der Waals surface area contributed by atoms with E-state index >= 15 is 0 Å². The second-order valence-electron chi connectivity index (χ2n) is 9.77. The zero-order valence-corrected chi connectivity index (χ0v) is 19.9. The molecule has 33 heavy (non-hydrogen) atoms. The van der Waals surface area contributed by atoms with E-state index in [0.29, 0.717) is 23.9 Å². The summed E-state index contributed by atoms with van der Waals surface area (Å²) in [5, 5.41) is 4.25. The van der Waals surface area contributed by atoms with Gasteiger partial charge in [-0.15, -0.1) is 0 Å². The standard InChI is InChI=1S/C23H30N4O5S/c1-23(10-11-23)31-22(28)26-12-7-16(8-13-26)20-24-21(32-25-20)17-9-14-27(15-17)18-3-5-19(6-4-18)33(2,29)30/h3-6,16-17H,7-15H2,1-2H3/t17-/m0/s1. The van der Waals surface area contributed by atoms with Crippen LogP contribution in [-0.2, 0) is 14.6 Å². The summed E-state index contributed by atoms with van der Waals surface area (Å²) in [6.07, 6.45) is 5.40. The van der Waals surface area contributed by atoms with Crippen molar-refractivity contribution in [3.05, 3.63) is 36.0 Å². The van der Waals surface area contributed by atoms with E-state index in [1.807, 2.05) is 19.1 Å². The molecule has 0 N–H and O–H groups in total. The highest BCUT2D eigenvalue weighted by Gasteiger charge is 2.43. The van der Waals surface area contributed by atoms with Gasteiger partial charge < -0.3 is 19.1 Å². The fraction of sp³-hybridized carbons (Fsp3) is 0.609. The monoisotopic (exact) mass is 474 g/mol. The molecule has 3 heterocycles. The highest BCUT2D eigenvalue weighted by Crippen LogP contribution is 2.39. The van der Waals surface area contributed by atoms with Gasteiger partial charge in [0.2, 0.25) is 5.89 Å². The van der Waals surface area contributed by atoms with E-state index in [2.05, 4.69) is 10.1 Å². The molecule has 3 fully saturated rings. The van der Waals surface area contributed by atoms with Gasteiger partial charge in [0.1, 0.15) is 5.60 Å². The maximum Gasteiger partial charge on any atom is 0.410 e. The maximum atomic E-state index is 12.3. The highest BCUT2D eigenvalue weighted by atomic mass is 32.2. The Hall–Kier alpha value is -2.62. The van der Waals surface area contributed by atoms with Crippen molar-refractivity contribution in [2.45, 2.75) is 61.4 Å². The van der Waals surface area contributed by atoms with Crippen LogP contribution in [0.1, 0.15) is 62.6 Å². The third kappa shape index (κ3) is 4.85. The maximum absolute atomic E-state index is 12.3. The van der Waals surface area contributed by atoms with Gasteiger partial charge in [0.15, 0.2) is 15.7 Å². The fourth-order valence-corrected chi connectivity index (χ4v) is 5.18. The lowest BCUT2D eigenvalue weighted by Gasteiger charge is -2.30. The lowest BCUT2D eigenvalue weighted by molar-refractivity contribution is 0.0518. The number of piperidine rings is 1. The summed E-state index contributed by atoms with van der Waals surface area (Å²) in [5.74, 6) is 1.71. The molecule has 0 spiro atoms. The van der Waals surface area contributed by atoms with E-state index in [1.165, 1.54) is 6.26 Å². The van der Waals surface area contributed by atoms with Crippen LogP contribution >= 0.6 is 0 Å². The average Bonchev–Trinajstić information content (AvgIpc) is 3.20. The number of sulfone groups is 1. The first-order valence-corrected chi connectivity index (χ1v) is 13.5. The second-order valence-corrected chi connectivity index (χ2v) is 11.8. The molecule has 1 aromatic carbocycles. The molecule has 1 atom stereocenters. The van der Waals surface area contributed by atoms with E-state index < -0.39 is 9.84 Å². The van der Waals surface area contributed by atoms with E-state index in [9.17, 15) is 13.2 Å². The number of carbonyl (C=O) groups is 1. The second kappa shape index (κ2) is 8.30. The van der Waals surface area contributed by atoms with Crippen LogP contribution in [0, 0.1) is 0 Å². The fourth-order valence-electron chi connectivity index (χ4n) is 4.55. The third-order valence-corrected chi connectivity index (χ3v) is 8.16. The van der Waals surface area contributed by atoms with Gasteiger partial charge in [-0.25, -0.2) is 13.2 Å². The summed E-state index contributed by atoms with van der Waals surface area (Å²) in [6, 6.07) is 6.99. The van der Waals surface area contributed by atoms with Gasteiger partial charge in [-0.2, -0.15) is 4.98 Å². The number of nitrogens with zero attached hydrogens (tertiary/aromatic N) is 4. The molecule has 2 saturated heterocycles. The van der Waals surface area contributed by atoms with Gasteiger partial charge in [0.05, 0.1) is 10.8 Å². The largest absolute Gasteiger partial charge is 0.443 e. The molecule has 178 valence electrons. The molecule has 1 aliphatic carbocycles. The number of rotatable bonds is 5. The van der Waals surface area contributed by atoms with Crippen molar-refractivity contribution >= 4 is 21.6 Å². The Balaban J connectivity index is 1.16. The van der Waals surface area contributed by atoms with E-state index in [-0.39, 0.29) is 23.5 Å². The Morgan fingerprint density at radius 1 is 1.09 bits per heavy atom. The number of hydrogen-bond donors (Lipinski definition) is 0. The smallest absolute Gasteiger partial charge is 0.410 e. The molecule has 2 aliphatic heterocycles. The summed E-state index contributed by atoms with van der Waals surface area (Å²) < 4.78 is 34.6. The molecular formula is C23H30N4O5S. The topological polar surface area (TPSA) is 106 Å². The Morgan fingerprint density at radius 2 is 1.76 bits per heavy atom. The molecule has 0 radical (unpaired) electrons. The van der Waals surface area contributed by atoms with Crippen LogP contribution in [0.2, 0.25) is 0 Å². The predicted octanol–water partition coefficient (Wildman–Crippen LogP) is 3.34. The van der Waals surface area contributed by atoms with Crippen LogP contribution in [0.15, 0.2) is 33.7 Å². The van der Waals surface area contributed by atoms with Crippen LogP contribution in [-0.4, -0.2) is 67.6 Å². The zero-order chi connectivity index (χ0) is 23.2. The van der Waals surface area contributed by atoms with Crippen LogP contribution in [0.5, 0.6) is 0 Å². The van der Waals surface area contributed by atoms with Crippen LogP contribution < -0.4 is 4.90 Å². The van der Waals surface area contributed by atoms with Crippen LogP contribution in [0.4, 0.5) is 10.5 Å². The summed E-state index contributed by atoms with van der Waals surface area (Å²) in [6.45, 7) is 4.87. The molecule has 3 aliphatic rings. The Bertz CT molecular complexity index is 1120.